The zero-order chi connectivity index (χ0) is 14.5. The van der Waals surface area contributed by atoms with Gasteiger partial charge in [0.2, 0.25) is 0 Å². The molecule has 0 aliphatic heterocycles. The van der Waals surface area contributed by atoms with E-state index in [-0.39, 0.29) is 5.75 Å². The molecule has 0 radical (unpaired) electrons. The molecule has 0 heterocycles. The van der Waals surface area contributed by atoms with Crippen molar-refractivity contribution in [2.45, 2.75) is 31.9 Å². The van der Waals surface area contributed by atoms with Crippen molar-refractivity contribution in [3.8, 4) is 5.75 Å². The minimum absolute atomic E-state index is 0.0360. The lowest BCUT2D eigenvalue weighted by Crippen LogP contribution is -2.50. The highest BCUT2D eigenvalue weighted by Crippen LogP contribution is 2.18. The zero-order valence-electron chi connectivity index (χ0n) is 11.0. The minimum atomic E-state index is -0.844. The Morgan fingerprint density at radius 1 is 1.40 bits per heavy atom. The van der Waals surface area contributed by atoms with E-state index in [9.17, 15) is 9.18 Å². The lowest BCUT2D eigenvalue weighted by molar-refractivity contribution is -0.127. The van der Waals surface area contributed by atoms with Gasteiger partial charge in [-0.15, -0.1) is 0 Å². The van der Waals surface area contributed by atoms with Crippen LogP contribution in [0.3, 0.4) is 0 Å². The monoisotopic (exact) mass is 297 g/mol. The van der Waals surface area contributed by atoms with Crippen LogP contribution in [-0.4, -0.2) is 23.2 Å². The number of rotatable bonds is 4. The first-order valence-electron chi connectivity index (χ1n) is 6.34. The van der Waals surface area contributed by atoms with Gasteiger partial charge in [0, 0.05) is 6.04 Å². The van der Waals surface area contributed by atoms with Crippen molar-refractivity contribution in [2.75, 3.05) is 0 Å². The van der Waals surface area contributed by atoms with Gasteiger partial charge in [0.1, 0.15) is 0 Å². The molecule has 7 heteroatoms. The summed E-state index contributed by atoms with van der Waals surface area (Å²) in [6, 6.07) is 6.32. The second-order valence-electron chi connectivity index (χ2n) is 4.55. The van der Waals surface area contributed by atoms with Gasteiger partial charge in [0.15, 0.2) is 22.8 Å². The molecule has 0 spiro atoms. The Labute approximate surface area is 121 Å². The molecule has 0 aromatic heterocycles. The molecule has 1 aliphatic carbocycles. The molecule has 1 aromatic rings. The van der Waals surface area contributed by atoms with Gasteiger partial charge < -0.3 is 10.1 Å². The molecule has 2 rings (SSSR count). The normalized spacial score (nSPS) is 15.1. The molecule has 0 unspecified atom stereocenters. The van der Waals surface area contributed by atoms with E-state index >= 15 is 0 Å². The number of para-hydroxylation sites is 1. The minimum Gasteiger partial charge on any atom is -0.478 e. The van der Waals surface area contributed by atoms with Gasteiger partial charge in [0.25, 0.3) is 5.91 Å². The third kappa shape index (κ3) is 4.34. The first kappa shape index (κ1) is 14.5. The number of amides is 1. The van der Waals surface area contributed by atoms with Gasteiger partial charge in [-0.25, -0.2) is 4.39 Å². The molecule has 5 nitrogen and oxygen atoms in total. The molecular formula is C13H16FN3O2S. The topological polar surface area (TPSA) is 62.4 Å². The van der Waals surface area contributed by atoms with E-state index in [1.807, 2.05) is 0 Å². The van der Waals surface area contributed by atoms with Gasteiger partial charge in [-0.2, -0.15) is 0 Å². The summed E-state index contributed by atoms with van der Waals surface area (Å²) in [5, 5.41) is 3.37. The molecule has 1 saturated carbocycles. The molecule has 3 N–H and O–H groups in total. The summed E-state index contributed by atoms with van der Waals surface area (Å²) in [5.74, 6) is -0.909. The second kappa shape index (κ2) is 6.51. The number of benzene rings is 1. The molecule has 1 amide bonds. The lowest BCUT2D eigenvalue weighted by Gasteiger charge is -2.16. The number of hydrogen-bond acceptors (Lipinski definition) is 3. The van der Waals surface area contributed by atoms with Crippen LogP contribution in [0.2, 0.25) is 0 Å². The Balaban J connectivity index is 1.76. The molecule has 108 valence electrons. The van der Waals surface area contributed by atoms with E-state index in [4.69, 9.17) is 17.0 Å². The number of hydrazine groups is 1. The van der Waals surface area contributed by atoms with Crippen LogP contribution in [0, 0.1) is 5.82 Å². The van der Waals surface area contributed by atoms with Gasteiger partial charge in [0.05, 0.1) is 0 Å². The van der Waals surface area contributed by atoms with Crippen molar-refractivity contribution >= 4 is 23.2 Å². The molecule has 1 atom stereocenters. The Morgan fingerprint density at radius 2 is 2.10 bits per heavy atom. The number of halogens is 1. The van der Waals surface area contributed by atoms with Gasteiger partial charge in [-0.1, -0.05) is 12.1 Å². The van der Waals surface area contributed by atoms with E-state index in [0.29, 0.717) is 11.2 Å². The Bertz CT molecular complexity index is 508. The largest absolute Gasteiger partial charge is 0.478 e. The van der Waals surface area contributed by atoms with Crippen molar-refractivity contribution in [1.82, 2.24) is 16.2 Å². The molecule has 1 fully saturated rings. The van der Waals surface area contributed by atoms with Crippen molar-refractivity contribution in [3.63, 3.8) is 0 Å². The van der Waals surface area contributed by atoms with E-state index in [2.05, 4.69) is 16.2 Å². The fourth-order valence-electron chi connectivity index (χ4n) is 1.45. The average Bonchev–Trinajstić information content (AvgIpc) is 3.22. The van der Waals surface area contributed by atoms with Crippen LogP contribution < -0.4 is 20.9 Å². The van der Waals surface area contributed by atoms with Crippen LogP contribution in [0.25, 0.3) is 0 Å². The van der Waals surface area contributed by atoms with Crippen molar-refractivity contribution < 1.29 is 13.9 Å². The van der Waals surface area contributed by atoms with E-state index in [1.165, 1.54) is 19.1 Å². The third-order valence-corrected chi connectivity index (χ3v) is 2.94. The highest BCUT2D eigenvalue weighted by atomic mass is 32.1. The molecule has 0 saturated heterocycles. The van der Waals surface area contributed by atoms with E-state index < -0.39 is 17.8 Å². The summed E-state index contributed by atoms with van der Waals surface area (Å²) in [6.07, 6.45) is 1.33. The van der Waals surface area contributed by atoms with Crippen LogP contribution in [0.5, 0.6) is 5.75 Å². The van der Waals surface area contributed by atoms with Gasteiger partial charge >= 0.3 is 0 Å². The summed E-state index contributed by atoms with van der Waals surface area (Å²) in [6.45, 7) is 1.53. The van der Waals surface area contributed by atoms with Crippen molar-refractivity contribution in [3.05, 3.63) is 30.1 Å². The quantitative estimate of drug-likeness (QED) is 0.577. The number of carbonyl (C=O) groups excluding carboxylic acids is 1. The molecule has 1 aliphatic rings. The van der Waals surface area contributed by atoms with Crippen LogP contribution in [0.15, 0.2) is 24.3 Å². The first-order chi connectivity index (χ1) is 9.56. The first-order valence-corrected chi connectivity index (χ1v) is 6.74. The van der Waals surface area contributed by atoms with Crippen LogP contribution >= 0.6 is 12.2 Å². The van der Waals surface area contributed by atoms with Crippen LogP contribution in [-0.2, 0) is 4.79 Å². The Morgan fingerprint density at radius 3 is 2.75 bits per heavy atom. The Hall–Kier alpha value is -1.89. The van der Waals surface area contributed by atoms with Gasteiger partial charge in [-0.05, 0) is 44.1 Å². The van der Waals surface area contributed by atoms with Crippen LogP contribution in [0.4, 0.5) is 4.39 Å². The number of carbonyl (C=O) groups is 1. The maximum atomic E-state index is 13.4. The van der Waals surface area contributed by atoms with Crippen LogP contribution in [0.1, 0.15) is 19.8 Å². The predicted octanol–water partition coefficient (Wildman–Crippen LogP) is 1.25. The number of thiocarbonyl (C=S) groups is 1. The molecule has 1 aromatic carbocycles. The highest BCUT2D eigenvalue weighted by Gasteiger charge is 2.22. The molecular weight excluding hydrogens is 281 g/mol. The average molecular weight is 297 g/mol. The zero-order valence-corrected chi connectivity index (χ0v) is 11.8. The Kier molecular flexibility index (Phi) is 4.73. The standard InChI is InChI=1S/C13H16FN3O2S/c1-8(19-11-5-3-2-4-10(11)14)12(18)16-17-13(20)15-9-6-7-9/h2-5,8-9H,6-7H2,1H3,(H,16,18)(H2,15,17,20)/t8-/m0/s1. The maximum Gasteiger partial charge on any atom is 0.279 e. The van der Waals surface area contributed by atoms with Gasteiger partial charge in [-0.3, -0.25) is 15.6 Å². The summed E-state index contributed by atoms with van der Waals surface area (Å²) in [4.78, 5) is 11.8. The van der Waals surface area contributed by atoms with Crippen molar-refractivity contribution in [2.24, 2.45) is 0 Å². The summed E-state index contributed by atoms with van der Waals surface area (Å²) < 4.78 is 18.6. The van der Waals surface area contributed by atoms with E-state index in [1.54, 1.807) is 12.1 Å². The second-order valence-corrected chi connectivity index (χ2v) is 4.96. The number of nitrogens with one attached hydrogen (secondary N) is 3. The predicted molar refractivity (Wildman–Crippen MR) is 76.5 cm³/mol. The fourth-order valence-corrected chi connectivity index (χ4v) is 1.67. The lowest BCUT2D eigenvalue weighted by atomic mass is 10.3. The fraction of sp³-hybridized carbons (Fsp3) is 0.385. The SMILES string of the molecule is C[C@H](Oc1ccccc1F)C(=O)NNC(=S)NC1CC1. The molecule has 20 heavy (non-hydrogen) atoms. The maximum absolute atomic E-state index is 13.4. The summed E-state index contributed by atoms with van der Waals surface area (Å²) in [5.41, 5.74) is 5.00. The smallest absolute Gasteiger partial charge is 0.279 e. The molecule has 0 bridgehead atoms. The highest BCUT2D eigenvalue weighted by molar-refractivity contribution is 7.80. The van der Waals surface area contributed by atoms with Crippen molar-refractivity contribution in [1.29, 1.82) is 0 Å². The summed E-state index contributed by atoms with van der Waals surface area (Å²) in [7, 11) is 0. The number of ether oxygens (including phenoxy) is 1. The number of hydrogen-bond donors (Lipinski definition) is 3. The van der Waals surface area contributed by atoms with E-state index in [0.717, 1.165) is 12.8 Å². The summed E-state index contributed by atoms with van der Waals surface area (Å²) >= 11 is 4.99. The third-order valence-electron chi connectivity index (χ3n) is 2.72.